The molecule has 3 aromatic rings. The van der Waals surface area contributed by atoms with Crippen molar-refractivity contribution >= 4 is 32.5 Å². The van der Waals surface area contributed by atoms with Crippen LogP contribution in [0.2, 0.25) is 0 Å². The topological polar surface area (TPSA) is 41.0 Å². The molecule has 0 saturated carbocycles. The second-order valence-electron chi connectivity index (χ2n) is 5.65. The van der Waals surface area contributed by atoms with Gasteiger partial charge in [0.2, 0.25) is 0 Å². The van der Waals surface area contributed by atoms with E-state index in [9.17, 15) is 0 Å². The Morgan fingerprint density at radius 3 is 3.05 bits per heavy atom. The van der Waals surface area contributed by atoms with Gasteiger partial charge in [0, 0.05) is 27.8 Å². The van der Waals surface area contributed by atoms with Crippen LogP contribution < -0.4 is 0 Å². The number of aromatic amines is 1. The summed E-state index contributed by atoms with van der Waals surface area (Å²) in [5, 5.41) is 1.32. The van der Waals surface area contributed by atoms with Crippen molar-refractivity contribution in [3.63, 3.8) is 0 Å². The van der Waals surface area contributed by atoms with Crippen LogP contribution in [0.5, 0.6) is 0 Å². The van der Waals surface area contributed by atoms with Crippen molar-refractivity contribution in [1.29, 1.82) is 0 Å². The van der Waals surface area contributed by atoms with Crippen molar-refractivity contribution in [3.8, 4) is 0 Å². The Kier molecular flexibility index (Phi) is 3.54. The Hall–Kier alpha value is -1.94. The van der Waals surface area contributed by atoms with Crippen LogP contribution in [0.25, 0.3) is 10.9 Å². The van der Waals surface area contributed by atoms with Crippen molar-refractivity contribution in [2.24, 2.45) is 4.99 Å². The van der Waals surface area contributed by atoms with Gasteiger partial charge in [0.15, 0.2) is 0 Å². The molecular weight excluding hydrogens is 338 g/mol. The molecule has 110 valence electrons. The number of nitrogens with zero attached hydrogens (tertiary/aromatic N) is 2. The molecule has 0 saturated heterocycles. The summed E-state index contributed by atoms with van der Waals surface area (Å²) in [6.45, 7) is 0.696. The second-order valence-corrected chi connectivity index (χ2v) is 6.56. The summed E-state index contributed by atoms with van der Waals surface area (Å²) < 4.78 is 1.13. The zero-order valence-electron chi connectivity index (χ0n) is 12.1. The highest BCUT2D eigenvalue weighted by Gasteiger charge is 2.20. The Labute approximate surface area is 137 Å². The molecule has 3 nitrogen and oxygen atoms in total. The first-order valence-electron chi connectivity index (χ1n) is 7.54. The minimum atomic E-state index is 0.696. The number of aliphatic imine (C=N–C) groups is 1. The fourth-order valence-corrected chi connectivity index (χ4v) is 3.48. The maximum Gasteiger partial charge on any atom is 0.0658 e. The molecule has 0 amide bonds. The van der Waals surface area contributed by atoms with Crippen molar-refractivity contribution in [2.45, 2.75) is 25.8 Å². The number of benzene rings is 1. The van der Waals surface area contributed by atoms with Gasteiger partial charge in [-0.3, -0.25) is 9.98 Å². The lowest BCUT2D eigenvalue weighted by molar-refractivity contribution is 0.833. The smallest absolute Gasteiger partial charge is 0.0658 e. The highest BCUT2D eigenvalue weighted by Crippen LogP contribution is 2.31. The van der Waals surface area contributed by atoms with Gasteiger partial charge in [-0.15, -0.1) is 0 Å². The van der Waals surface area contributed by atoms with Gasteiger partial charge < -0.3 is 4.98 Å². The van der Waals surface area contributed by atoms with E-state index in [0.29, 0.717) is 6.54 Å². The molecule has 0 aliphatic heterocycles. The molecule has 0 spiro atoms. The minimum absolute atomic E-state index is 0.696. The van der Waals surface area contributed by atoms with Gasteiger partial charge >= 0.3 is 0 Å². The fraction of sp³-hybridized carbons (Fsp3) is 0.222. The van der Waals surface area contributed by atoms with Crippen molar-refractivity contribution < 1.29 is 0 Å². The largest absolute Gasteiger partial charge is 0.353 e. The van der Waals surface area contributed by atoms with Crippen LogP contribution in [0.1, 0.15) is 29.7 Å². The molecule has 1 N–H and O–H groups in total. The Morgan fingerprint density at radius 1 is 1.23 bits per heavy atom. The van der Waals surface area contributed by atoms with Crippen LogP contribution in [0.4, 0.5) is 0 Å². The van der Waals surface area contributed by atoms with Crippen LogP contribution >= 0.6 is 15.9 Å². The number of nitrogens with one attached hydrogen (secondary N) is 1. The van der Waals surface area contributed by atoms with Crippen molar-refractivity contribution in [2.75, 3.05) is 0 Å². The molecule has 4 rings (SSSR count). The molecule has 4 heteroatoms. The predicted molar refractivity (Wildman–Crippen MR) is 93.4 cm³/mol. The van der Waals surface area contributed by atoms with Crippen LogP contribution in [0, 0.1) is 0 Å². The molecule has 2 heterocycles. The van der Waals surface area contributed by atoms with E-state index >= 15 is 0 Å². The van der Waals surface area contributed by atoms with Crippen LogP contribution in [0.3, 0.4) is 0 Å². The van der Waals surface area contributed by atoms with Gasteiger partial charge in [-0.1, -0.05) is 22.0 Å². The predicted octanol–water partition coefficient (Wildman–Crippen LogP) is 4.65. The molecule has 1 aliphatic rings. The number of H-pyrrole nitrogens is 1. The van der Waals surface area contributed by atoms with E-state index in [1.165, 1.54) is 34.3 Å². The molecule has 2 aromatic heterocycles. The summed E-state index contributed by atoms with van der Waals surface area (Å²) in [6, 6.07) is 10.5. The molecular formula is C18H16BrN3. The lowest BCUT2D eigenvalue weighted by Crippen LogP contribution is -2.11. The number of pyridine rings is 1. The van der Waals surface area contributed by atoms with Gasteiger partial charge in [0.25, 0.3) is 0 Å². The normalized spacial score (nSPS) is 16.1. The highest BCUT2D eigenvalue weighted by molar-refractivity contribution is 9.10. The first-order valence-corrected chi connectivity index (χ1v) is 8.33. The van der Waals surface area contributed by atoms with Gasteiger partial charge in [-0.25, -0.2) is 0 Å². The molecule has 0 atom stereocenters. The average molecular weight is 354 g/mol. The lowest BCUT2D eigenvalue weighted by Gasteiger charge is -2.14. The molecule has 0 bridgehead atoms. The van der Waals surface area contributed by atoms with E-state index in [2.05, 4.69) is 50.2 Å². The van der Waals surface area contributed by atoms with E-state index in [1.54, 1.807) is 6.20 Å². The summed E-state index contributed by atoms with van der Waals surface area (Å²) >= 11 is 3.57. The highest BCUT2D eigenvalue weighted by atomic mass is 79.9. The maximum absolute atomic E-state index is 4.85. The molecule has 0 radical (unpaired) electrons. The number of fused-ring (bicyclic) bond motifs is 3. The molecule has 0 fully saturated rings. The first-order chi connectivity index (χ1) is 10.8. The fourth-order valence-electron chi connectivity index (χ4n) is 3.12. The third-order valence-electron chi connectivity index (χ3n) is 4.17. The third kappa shape index (κ3) is 2.48. The van der Waals surface area contributed by atoms with Crippen molar-refractivity contribution in [1.82, 2.24) is 9.97 Å². The Balaban J connectivity index is 1.74. The summed E-state index contributed by atoms with van der Waals surface area (Å²) in [7, 11) is 0. The van der Waals surface area contributed by atoms with Gasteiger partial charge in [0.1, 0.15) is 0 Å². The van der Waals surface area contributed by atoms with Crippen LogP contribution in [-0.2, 0) is 13.0 Å². The standard InChI is InChI=1S/C18H16BrN3/c19-13-6-7-16-15(9-13)14-4-1-5-17(18(14)22-16)21-11-12-3-2-8-20-10-12/h2-3,6-10,22H,1,4-5,11H2/b21-17+. The number of aromatic nitrogens is 2. The zero-order chi connectivity index (χ0) is 14.9. The van der Waals surface area contributed by atoms with E-state index in [4.69, 9.17) is 4.99 Å². The number of halogens is 1. The quantitative estimate of drug-likeness (QED) is 0.715. The molecule has 22 heavy (non-hydrogen) atoms. The Bertz CT molecular complexity index is 849. The summed E-state index contributed by atoms with van der Waals surface area (Å²) in [5.74, 6) is 0. The minimum Gasteiger partial charge on any atom is -0.353 e. The number of rotatable bonds is 2. The second kappa shape index (κ2) is 5.69. The first kappa shape index (κ1) is 13.7. The third-order valence-corrected chi connectivity index (χ3v) is 4.67. The molecule has 1 aliphatic carbocycles. The zero-order valence-corrected chi connectivity index (χ0v) is 13.7. The maximum atomic E-state index is 4.85. The molecule has 0 unspecified atom stereocenters. The van der Waals surface area contributed by atoms with Crippen molar-refractivity contribution in [3.05, 3.63) is 64.0 Å². The van der Waals surface area contributed by atoms with E-state index in [-0.39, 0.29) is 0 Å². The summed E-state index contributed by atoms with van der Waals surface area (Å²) in [6.07, 6.45) is 7.01. The van der Waals surface area contributed by atoms with Crippen LogP contribution in [0.15, 0.2) is 52.2 Å². The lowest BCUT2D eigenvalue weighted by atomic mass is 9.94. The average Bonchev–Trinajstić information content (AvgIpc) is 2.92. The van der Waals surface area contributed by atoms with E-state index in [0.717, 1.165) is 22.9 Å². The summed E-state index contributed by atoms with van der Waals surface area (Å²) in [4.78, 5) is 12.6. The number of hydrogen-bond donors (Lipinski definition) is 1. The molecule has 1 aromatic carbocycles. The van der Waals surface area contributed by atoms with E-state index in [1.807, 2.05) is 12.3 Å². The summed E-state index contributed by atoms with van der Waals surface area (Å²) in [5.41, 5.74) is 6.18. The van der Waals surface area contributed by atoms with Gasteiger partial charge in [0.05, 0.1) is 18.0 Å². The van der Waals surface area contributed by atoms with Crippen LogP contribution in [-0.4, -0.2) is 15.7 Å². The number of hydrogen-bond acceptors (Lipinski definition) is 2. The monoisotopic (exact) mass is 353 g/mol. The van der Waals surface area contributed by atoms with Gasteiger partial charge in [-0.2, -0.15) is 0 Å². The van der Waals surface area contributed by atoms with Gasteiger partial charge in [-0.05, 0) is 54.7 Å². The number of aryl methyl sites for hydroxylation is 1. The Morgan fingerprint density at radius 2 is 2.18 bits per heavy atom. The SMILES string of the molecule is Brc1ccc2[nH]c3c(c2c1)CCC/C3=N\Cc1cccnc1. The van der Waals surface area contributed by atoms with E-state index < -0.39 is 0 Å².